The molecule has 1 aromatic heterocycles. The molecule has 1 aromatic rings. The number of hydrogen-bond donors (Lipinski definition) is 1. The molecule has 1 aliphatic heterocycles. The van der Waals surface area contributed by atoms with Crippen molar-refractivity contribution in [2.24, 2.45) is 0 Å². The molecule has 1 unspecified atom stereocenters. The van der Waals surface area contributed by atoms with E-state index in [1.807, 2.05) is 4.90 Å². The molecule has 0 aliphatic carbocycles. The molecule has 0 saturated carbocycles. The van der Waals surface area contributed by atoms with Gasteiger partial charge in [-0.2, -0.15) is 0 Å². The molecule has 0 radical (unpaired) electrons. The minimum absolute atomic E-state index is 0.328. The summed E-state index contributed by atoms with van der Waals surface area (Å²) in [6.45, 7) is 6.86. The van der Waals surface area contributed by atoms with Gasteiger partial charge in [0, 0.05) is 19.3 Å². The van der Waals surface area contributed by atoms with Crippen molar-refractivity contribution in [3.63, 3.8) is 0 Å². The van der Waals surface area contributed by atoms with Crippen LogP contribution in [-0.2, 0) is 4.74 Å². The number of hydrogen-bond acceptors (Lipinski definition) is 6. The van der Waals surface area contributed by atoms with Crippen molar-refractivity contribution in [1.29, 1.82) is 0 Å². The van der Waals surface area contributed by atoms with E-state index in [-0.39, 0.29) is 0 Å². The van der Waals surface area contributed by atoms with Gasteiger partial charge in [-0.05, 0) is 27.2 Å². The van der Waals surface area contributed by atoms with Gasteiger partial charge in [0.15, 0.2) is 0 Å². The van der Waals surface area contributed by atoms with Crippen LogP contribution in [0.4, 0.5) is 5.95 Å². The van der Waals surface area contributed by atoms with Gasteiger partial charge >= 0.3 is 5.97 Å². The van der Waals surface area contributed by atoms with Crippen molar-refractivity contribution in [2.75, 3.05) is 24.6 Å². The smallest absolute Gasteiger partial charge is 0.341 e. The van der Waals surface area contributed by atoms with Crippen LogP contribution in [-0.4, -0.2) is 46.3 Å². The fraction of sp³-hybridized carbons (Fsp3) is 0.615. The largest absolute Gasteiger partial charge is 0.462 e. The highest BCUT2D eigenvalue weighted by Gasteiger charge is 2.32. The zero-order valence-electron chi connectivity index (χ0n) is 11.5. The Labute approximate surface area is 112 Å². The lowest BCUT2D eigenvalue weighted by Gasteiger charge is -2.19. The molecule has 0 spiro atoms. The number of carbonyl (C=O) groups excluding carboxylic acids is 1. The van der Waals surface area contributed by atoms with Gasteiger partial charge in [0.2, 0.25) is 5.95 Å². The third-order valence-corrected chi connectivity index (χ3v) is 3.20. The van der Waals surface area contributed by atoms with Crippen molar-refractivity contribution in [1.82, 2.24) is 9.97 Å². The highest BCUT2D eigenvalue weighted by atomic mass is 16.5. The van der Waals surface area contributed by atoms with E-state index in [9.17, 15) is 9.90 Å². The van der Waals surface area contributed by atoms with Crippen molar-refractivity contribution in [2.45, 2.75) is 32.8 Å². The second kappa shape index (κ2) is 5.13. The Balaban J connectivity index is 2.18. The summed E-state index contributed by atoms with van der Waals surface area (Å²) >= 11 is 0. The second-order valence-electron chi connectivity index (χ2n) is 5.06. The van der Waals surface area contributed by atoms with Crippen molar-refractivity contribution in [3.8, 4) is 0 Å². The summed E-state index contributed by atoms with van der Waals surface area (Å²) in [5, 5.41) is 9.94. The second-order valence-corrected chi connectivity index (χ2v) is 5.06. The molecule has 2 heterocycles. The molecule has 1 saturated heterocycles. The van der Waals surface area contributed by atoms with Crippen LogP contribution in [0.3, 0.4) is 0 Å². The van der Waals surface area contributed by atoms with Crippen molar-refractivity contribution < 1.29 is 14.6 Å². The van der Waals surface area contributed by atoms with Gasteiger partial charge in [-0.15, -0.1) is 0 Å². The minimum Gasteiger partial charge on any atom is -0.462 e. The summed E-state index contributed by atoms with van der Waals surface area (Å²) in [6, 6.07) is 0. The molecule has 0 amide bonds. The maximum absolute atomic E-state index is 11.6. The van der Waals surface area contributed by atoms with E-state index in [2.05, 4.69) is 9.97 Å². The third-order valence-electron chi connectivity index (χ3n) is 3.20. The van der Waals surface area contributed by atoms with Gasteiger partial charge in [0.05, 0.1) is 23.5 Å². The molecular weight excluding hydrogens is 246 g/mol. The summed E-state index contributed by atoms with van der Waals surface area (Å²) in [4.78, 5) is 22.1. The van der Waals surface area contributed by atoms with Gasteiger partial charge in [0.25, 0.3) is 0 Å². The predicted molar refractivity (Wildman–Crippen MR) is 70.2 cm³/mol. The van der Waals surface area contributed by atoms with E-state index in [1.54, 1.807) is 20.8 Å². The number of aryl methyl sites for hydroxylation is 1. The number of rotatable bonds is 3. The van der Waals surface area contributed by atoms with Crippen LogP contribution in [0.15, 0.2) is 6.20 Å². The highest BCUT2D eigenvalue weighted by molar-refractivity contribution is 5.90. The highest BCUT2D eigenvalue weighted by Crippen LogP contribution is 2.24. The molecule has 6 heteroatoms. The van der Waals surface area contributed by atoms with Crippen LogP contribution in [0.2, 0.25) is 0 Å². The number of β-amino-alcohol motifs (C(OH)–C–C–N with tert-alkyl or cyclic N) is 1. The maximum atomic E-state index is 11.6. The topological polar surface area (TPSA) is 75.5 Å². The Morgan fingerprint density at radius 1 is 1.63 bits per heavy atom. The zero-order valence-corrected chi connectivity index (χ0v) is 11.5. The first kappa shape index (κ1) is 13.7. The number of carbonyl (C=O) groups is 1. The quantitative estimate of drug-likeness (QED) is 0.819. The zero-order chi connectivity index (χ0) is 14.0. The van der Waals surface area contributed by atoms with E-state index in [4.69, 9.17) is 4.74 Å². The van der Waals surface area contributed by atoms with Crippen LogP contribution in [0.5, 0.6) is 0 Å². The molecule has 1 fully saturated rings. The standard InChI is InChI=1S/C13H19N3O3/c1-4-19-11(17)10-7-14-12(15-9(10)2)16-6-5-13(3,18)8-16/h7,18H,4-6,8H2,1-3H3. The number of esters is 1. The van der Waals surface area contributed by atoms with Crippen molar-refractivity contribution >= 4 is 11.9 Å². The fourth-order valence-corrected chi connectivity index (χ4v) is 2.13. The lowest BCUT2D eigenvalue weighted by molar-refractivity contribution is 0.0524. The maximum Gasteiger partial charge on any atom is 0.341 e. The minimum atomic E-state index is -0.697. The Kier molecular flexibility index (Phi) is 3.71. The lowest BCUT2D eigenvalue weighted by Crippen LogP contribution is -2.30. The first-order valence-electron chi connectivity index (χ1n) is 6.41. The van der Waals surface area contributed by atoms with Crippen LogP contribution in [0.25, 0.3) is 0 Å². The molecule has 1 N–H and O–H groups in total. The normalized spacial score (nSPS) is 22.6. The number of aliphatic hydroxyl groups is 1. The van der Waals surface area contributed by atoms with Gasteiger partial charge in [-0.25, -0.2) is 14.8 Å². The van der Waals surface area contributed by atoms with E-state index < -0.39 is 11.6 Å². The SMILES string of the molecule is CCOC(=O)c1cnc(N2CCC(C)(O)C2)nc1C. The average Bonchev–Trinajstić information content (AvgIpc) is 2.70. The molecule has 1 aliphatic rings. The van der Waals surface area contributed by atoms with Gasteiger partial charge in [-0.1, -0.05) is 0 Å². The number of nitrogens with zero attached hydrogens (tertiary/aromatic N) is 3. The molecule has 6 nitrogen and oxygen atoms in total. The third kappa shape index (κ3) is 3.01. The Morgan fingerprint density at radius 2 is 2.37 bits per heavy atom. The Bertz CT molecular complexity index is 488. The molecule has 2 rings (SSSR count). The van der Waals surface area contributed by atoms with E-state index in [0.29, 0.717) is 43.3 Å². The number of aromatic nitrogens is 2. The van der Waals surface area contributed by atoms with Gasteiger partial charge < -0.3 is 14.7 Å². The molecule has 104 valence electrons. The first-order valence-corrected chi connectivity index (χ1v) is 6.41. The fourth-order valence-electron chi connectivity index (χ4n) is 2.13. The number of anilines is 1. The van der Waals surface area contributed by atoms with Crippen LogP contribution < -0.4 is 4.90 Å². The summed E-state index contributed by atoms with van der Waals surface area (Å²) in [6.07, 6.45) is 2.18. The van der Waals surface area contributed by atoms with Crippen LogP contribution in [0, 0.1) is 6.92 Å². The molecule has 19 heavy (non-hydrogen) atoms. The monoisotopic (exact) mass is 265 g/mol. The number of ether oxygens (including phenoxy) is 1. The molecule has 1 atom stereocenters. The lowest BCUT2D eigenvalue weighted by atomic mass is 10.1. The summed E-state index contributed by atoms with van der Waals surface area (Å²) in [5.74, 6) is 0.142. The Morgan fingerprint density at radius 3 is 2.89 bits per heavy atom. The van der Waals surface area contributed by atoms with E-state index >= 15 is 0 Å². The summed E-state index contributed by atoms with van der Waals surface area (Å²) in [5.41, 5.74) is 0.281. The van der Waals surface area contributed by atoms with Gasteiger partial charge in [-0.3, -0.25) is 0 Å². The average molecular weight is 265 g/mol. The van der Waals surface area contributed by atoms with Crippen LogP contribution in [0.1, 0.15) is 36.3 Å². The molecular formula is C13H19N3O3. The molecule has 0 aromatic carbocycles. The van der Waals surface area contributed by atoms with Gasteiger partial charge in [0.1, 0.15) is 0 Å². The van der Waals surface area contributed by atoms with E-state index in [0.717, 1.165) is 0 Å². The molecule has 0 bridgehead atoms. The summed E-state index contributed by atoms with van der Waals surface area (Å²) in [7, 11) is 0. The first-order chi connectivity index (χ1) is 8.93. The van der Waals surface area contributed by atoms with Crippen molar-refractivity contribution in [3.05, 3.63) is 17.5 Å². The Hall–Kier alpha value is -1.69. The summed E-state index contributed by atoms with van der Waals surface area (Å²) < 4.78 is 4.93. The predicted octanol–water partition coefficient (Wildman–Crippen LogP) is 0.923. The van der Waals surface area contributed by atoms with Crippen LogP contribution >= 0.6 is 0 Å². The van der Waals surface area contributed by atoms with E-state index in [1.165, 1.54) is 6.20 Å².